The van der Waals surface area contributed by atoms with Crippen LogP contribution in [-0.2, 0) is 15.7 Å². The van der Waals surface area contributed by atoms with Gasteiger partial charge >= 0.3 is 5.97 Å². The molecule has 128 valence electrons. The van der Waals surface area contributed by atoms with Crippen LogP contribution >= 0.6 is 11.6 Å². The molecule has 0 bridgehead atoms. The predicted octanol–water partition coefficient (Wildman–Crippen LogP) is 3.59. The van der Waals surface area contributed by atoms with Crippen LogP contribution < -0.4 is 4.72 Å². The van der Waals surface area contributed by atoms with Gasteiger partial charge in [-0.2, -0.15) is 0 Å². The van der Waals surface area contributed by atoms with Crippen molar-refractivity contribution in [1.82, 2.24) is 9.97 Å². The average Bonchev–Trinajstić information content (AvgIpc) is 2.62. The molecule has 1 aromatic heterocycles. The maximum Gasteiger partial charge on any atom is 0.338 e. The Bertz CT molecular complexity index is 948. The number of ether oxygens (including phenoxy) is 1. The number of aromatic nitrogens is 2. The number of nitrogens with one attached hydrogen (secondary N) is 1. The molecule has 0 saturated heterocycles. The number of halogens is 1. The number of nitrogens with zero attached hydrogens (tertiary/aromatic N) is 2. The van der Waals surface area contributed by atoms with E-state index >= 15 is 0 Å². The lowest BCUT2D eigenvalue weighted by Crippen LogP contribution is -2.07. The summed E-state index contributed by atoms with van der Waals surface area (Å²) < 4.78 is 20.5. The van der Waals surface area contributed by atoms with Crippen molar-refractivity contribution in [2.24, 2.45) is 0 Å². The summed E-state index contributed by atoms with van der Waals surface area (Å²) in [6.45, 7) is 2.06. The van der Waals surface area contributed by atoms with Gasteiger partial charge in [0, 0.05) is 5.69 Å². The molecule has 0 aliphatic heterocycles. The lowest BCUT2D eigenvalue weighted by Gasteiger charge is -2.09. The number of hydrogen-bond donors (Lipinski definition) is 1. The number of fused-ring (bicyclic) bond motifs is 1. The van der Waals surface area contributed by atoms with Crippen LogP contribution in [0, 0.1) is 0 Å². The highest BCUT2D eigenvalue weighted by molar-refractivity contribution is 7.86. The van der Waals surface area contributed by atoms with Crippen LogP contribution in [-0.4, -0.2) is 26.8 Å². The normalized spacial score (nSPS) is 11.9. The van der Waals surface area contributed by atoms with Crippen molar-refractivity contribution in [3.8, 4) is 0 Å². The fourth-order valence-corrected chi connectivity index (χ4v) is 3.31. The van der Waals surface area contributed by atoms with Gasteiger partial charge in [0.25, 0.3) is 0 Å². The Hall–Kier alpha value is -2.51. The molecule has 0 amide bonds. The molecule has 2 aromatic carbocycles. The van der Waals surface area contributed by atoms with Crippen molar-refractivity contribution >= 4 is 45.3 Å². The molecule has 8 heteroatoms. The number of esters is 1. The van der Waals surface area contributed by atoms with Crippen molar-refractivity contribution in [2.45, 2.75) is 11.8 Å². The van der Waals surface area contributed by atoms with E-state index in [2.05, 4.69) is 14.7 Å². The van der Waals surface area contributed by atoms with Gasteiger partial charge in [-0.25, -0.2) is 14.0 Å². The van der Waals surface area contributed by atoms with E-state index < -0.39 is 17.0 Å². The zero-order chi connectivity index (χ0) is 17.8. The van der Waals surface area contributed by atoms with Crippen molar-refractivity contribution in [1.29, 1.82) is 0 Å². The molecule has 0 fully saturated rings. The Labute approximate surface area is 151 Å². The van der Waals surface area contributed by atoms with Gasteiger partial charge in [0.15, 0.2) is 11.0 Å². The van der Waals surface area contributed by atoms with Gasteiger partial charge in [0.05, 0.1) is 28.8 Å². The van der Waals surface area contributed by atoms with E-state index in [1.807, 2.05) is 0 Å². The fourth-order valence-electron chi connectivity index (χ4n) is 2.19. The lowest BCUT2D eigenvalue weighted by molar-refractivity contribution is 0.0526. The SMILES string of the molecule is CCOC(=O)c1ccc(NS(=O)c2cccc3ncc(Cl)nc23)cc1. The monoisotopic (exact) mass is 375 g/mol. The summed E-state index contributed by atoms with van der Waals surface area (Å²) in [6, 6.07) is 11.8. The molecule has 3 rings (SSSR count). The first-order valence-corrected chi connectivity index (χ1v) is 8.98. The summed E-state index contributed by atoms with van der Waals surface area (Å²) in [5.41, 5.74) is 2.11. The Kier molecular flexibility index (Phi) is 5.25. The van der Waals surface area contributed by atoms with Gasteiger partial charge in [0.1, 0.15) is 10.7 Å². The highest BCUT2D eigenvalue weighted by Gasteiger charge is 2.12. The van der Waals surface area contributed by atoms with E-state index in [0.717, 1.165) is 0 Å². The first-order chi connectivity index (χ1) is 12.1. The fraction of sp³-hybridized carbons (Fsp3) is 0.118. The Morgan fingerprint density at radius 1 is 1.24 bits per heavy atom. The number of benzene rings is 2. The van der Waals surface area contributed by atoms with Crippen LogP contribution in [0.1, 0.15) is 17.3 Å². The molecule has 1 unspecified atom stereocenters. The smallest absolute Gasteiger partial charge is 0.338 e. The third kappa shape index (κ3) is 3.94. The maximum atomic E-state index is 12.7. The molecule has 0 saturated carbocycles. The summed E-state index contributed by atoms with van der Waals surface area (Å²) >= 11 is 5.89. The summed E-state index contributed by atoms with van der Waals surface area (Å²) in [5, 5.41) is 0.232. The first-order valence-electron chi connectivity index (χ1n) is 7.45. The zero-order valence-electron chi connectivity index (χ0n) is 13.2. The minimum Gasteiger partial charge on any atom is -0.462 e. The van der Waals surface area contributed by atoms with E-state index in [9.17, 15) is 9.00 Å². The summed E-state index contributed by atoms with van der Waals surface area (Å²) in [7, 11) is -1.57. The third-order valence-electron chi connectivity index (χ3n) is 3.31. The van der Waals surface area contributed by atoms with Gasteiger partial charge in [-0.15, -0.1) is 0 Å². The first kappa shape index (κ1) is 17.3. The van der Waals surface area contributed by atoms with Gasteiger partial charge in [-0.05, 0) is 43.3 Å². The number of hydrogen-bond acceptors (Lipinski definition) is 5. The van der Waals surface area contributed by atoms with E-state index in [1.54, 1.807) is 49.4 Å². The number of para-hydroxylation sites is 1. The lowest BCUT2D eigenvalue weighted by atomic mass is 10.2. The van der Waals surface area contributed by atoms with Crippen LogP contribution in [0.2, 0.25) is 5.15 Å². The molecular weight excluding hydrogens is 362 g/mol. The average molecular weight is 376 g/mol. The van der Waals surface area contributed by atoms with Crippen molar-refractivity contribution in [3.63, 3.8) is 0 Å². The summed E-state index contributed by atoms with van der Waals surface area (Å²) in [4.78, 5) is 20.5. The standard InChI is InChI=1S/C17H14ClN3O3S/c1-2-24-17(22)11-6-8-12(9-7-11)21-25(23)14-5-3-4-13-16(14)20-15(18)10-19-13/h3-10,21H,2H2,1H3. The maximum absolute atomic E-state index is 12.7. The number of rotatable bonds is 5. The Balaban J connectivity index is 1.83. The molecule has 3 aromatic rings. The molecule has 0 spiro atoms. The van der Waals surface area contributed by atoms with Crippen LogP contribution in [0.3, 0.4) is 0 Å². The van der Waals surface area contributed by atoms with E-state index in [-0.39, 0.29) is 5.15 Å². The van der Waals surface area contributed by atoms with Gasteiger partial charge < -0.3 is 9.46 Å². The second kappa shape index (κ2) is 7.58. The van der Waals surface area contributed by atoms with E-state index in [4.69, 9.17) is 16.3 Å². The second-order valence-electron chi connectivity index (χ2n) is 4.99. The zero-order valence-corrected chi connectivity index (χ0v) is 14.8. The largest absolute Gasteiger partial charge is 0.462 e. The van der Waals surface area contributed by atoms with Crippen molar-refractivity contribution in [2.75, 3.05) is 11.3 Å². The topological polar surface area (TPSA) is 81.2 Å². The van der Waals surface area contributed by atoms with Crippen LogP contribution in [0.25, 0.3) is 11.0 Å². The minimum absolute atomic E-state index is 0.232. The molecule has 6 nitrogen and oxygen atoms in total. The molecule has 0 aliphatic carbocycles. The van der Waals surface area contributed by atoms with E-state index in [1.165, 1.54) is 6.20 Å². The van der Waals surface area contributed by atoms with E-state index in [0.29, 0.717) is 33.8 Å². The quantitative estimate of drug-likeness (QED) is 0.689. The van der Waals surface area contributed by atoms with Gasteiger partial charge in [0.2, 0.25) is 0 Å². The second-order valence-corrected chi connectivity index (χ2v) is 6.55. The molecule has 1 heterocycles. The highest BCUT2D eigenvalue weighted by atomic mass is 35.5. The molecule has 0 aliphatic rings. The molecule has 0 radical (unpaired) electrons. The number of carbonyl (C=O) groups excluding carboxylic acids is 1. The number of carbonyl (C=O) groups is 1. The van der Waals surface area contributed by atoms with Crippen molar-refractivity contribution in [3.05, 3.63) is 59.4 Å². The Morgan fingerprint density at radius 2 is 2.00 bits per heavy atom. The highest BCUT2D eigenvalue weighted by Crippen LogP contribution is 2.21. The van der Waals surface area contributed by atoms with Crippen molar-refractivity contribution < 1.29 is 13.7 Å². The van der Waals surface area contributed by atoms with Crippen LogP contribution in [0.5, 0.6) is 0 Å². The molecular formula is C17H14ClN3O3S. The molecule has 1 N–H and O–H groups in total. The minimum atomic E-state index is -1.57. The van der Waals surface area contributed by atoms with Gasteiger partial charge in [-0.1, -0.05) is 17.7 Å². The molecule has 1 atom stereocenters. The summed E-state index contributed by atoms with van der Waals surface area (Å²) in [5.74, 6) is -0.394. The van der Waals surface area contributed by atoms with Crippen LogP contribution in [0.4, 0.5) is 5.69 Å². The molecule has 25 heavy (non-hydrogen) atoms. The summed E-state index contributed by atoms with van der Waals surface area (Å²) in [6.07, 6.45) is 1.44. The van der Waals surface area contributed by atoms with Gasteiger partial charge in [-0.3, -0.25) is 4.98 Å². The predicted molar refractivity (Wildman–Crippen MR) is 97.0 cm³/mol. The van der Waals surface area contributed by atoms with Crippen LogP contribution in [0.15, 0.2) is 53.6 Å². The number of anilines is 1. The third-order valence-corrected chi connectivity index (χ3v) is 4.64. The Morgan fingerprint density at radius 3 is 2.72 bits per heavy atom.